The summed E-state index contributed by atoms with van der Waals surface area (Å²) in [5.74, 6) is 1.25. The highest BCUT2D eigenvalue weighted by Gasteiger charge is 2.51. The second-order valence-electron chi connectivity index (χ2n) is 34.3. The van der Waals surface area contributed by atoms with Gasteiger partial charge in [-0.3, -0.25) is 28.7 Å². The molecule has 0 spiro atoms. The zero-order valence-electron chi connectivity index (χ0n) is 66.6. The molecule has 8 fully saturated rings. The summed E-state index contributed by atoms with van der Waals surface area (Å²) in [7, 11) is 0. The molecule has 4 saturated carbocycles. The first-order valence-electron chi connectivity index (χ1n) is 41.1. The first-order valence-corrected chi connectivity index (χ1v) is 41.1. The third-order valence-corrected chi connectivity index (χ3v) is 26.8. The third kappa shape index (κ3) is 16.5. The van der Waals surface area contributed by atoms with Crippen LogP contribution in [0, 0.1) is 61.2 Å². The van der Waals surface area contributed by atoms with E-state index in [1.165, 1.54) is 42.5 Å². The van der Waals surface area contributed by atoms with Crippen molar-refractivity contribution in [2.75, 3.05) is 58.9 Å². The van der Waals surface area contributed by atoms with E-state index in [4.69, 9.17) is 0 Å². The zero-order valence-corrected chi connectivity index (χ0v) is 66.6. The van der Waals surface area contributed by atoms with E-state index < -0.39 is 47.0 Å². The Balaban J connectivity index is 0.000000115. The van der Waals surface area contributed by atoms with Crippen molar-refractivity contribution < 1.29 is 71.9 Å². The van der Waals surface area contributed by atoms with Crippen LogP contribution in [0.4, 0.5) is 52.7 Å². The standard InChI is InChI=1S/C24H27F3N4O.2C22H21F3N4O.C22H20F3N3O/c1-14(2)30-8-7-19-21(13-30)28-29-22(19)23(32)31-11-16-9-15(10-17(16)12-31)18-5-3-4-6-20(18)24(25,26)27;1-13-6-7-20-26-19(12-29(20)27-13)21(30)28-10-15-8-14(9-16(15)11-28)17-4-2-3-5-18(17)22(23,24)25;1-13-6-7-29-19(8-13)26-27-20(29)21(30)28-11-15-9-14(10-16(15)12-28)17-4-2-3-5-18(17)22(23,24)25;23-22(24,25)19-6-2-1-4-16(19)13-8-14-11-28(12-15(14)9-13)21(29)18-10-27-20-17(18)5-3-7-26-20/h3-6,15-17H,1,7-13H2,2H3,(H,28,29);2-7,12,14-16H,8-11H2,1H3;2-8,14-16H,9-12H2,1H3;1-7,10,13-15H,8-9,11-12H2,(H,26,27)/t15?,16-,17+;2*14?,15-,16+;13?,14-,15+. The maximum Gasteiger partial charge on any atom is 0.416 e. The Hall–Kier alpha value is -11.4. The lowest BCUT2D eigenvalue weighted by molar-refractivity contribution is -0.139. The predicted molar refractivity (Wildman–Crippen MR) is 424 cm³/mol. The van der Waals surface area contributed by atoms with E-state index in [2.05, 4.69) is 51.9 Å². The molecule has 31 heteroatoms. The minimum Gasteiger partial charge on any atom is -0.369 e. The SMILES string of the molecule is C=C(C)N1CCc2c(C(=O)N3C[C@H]4CC(c5ccccc5C(F)(F)F)C[C@H]4C3)n[nH]c2C1.Cc1ccc2nc(C(=O)N3C[C@H]4CC(c5ccccc5C(F)(F)F)C[C@H]4C3)cn2n1.Cc1ccn2c(C(=O)N3C[C@H]4CC(c5ccccc5C(F)(F)F)C[C@H]4C3)nnc2c1.O=C(c1c[nH]c2ncccc12)N1C[C@H]2CC(c3ccccc3C(F)(F)F)C[C@H]2C1. The maximum absolute atomic E-state index is 13.5. The molecule has 4 saturated heterocycles. The average molecular weight is 1670 g/mol. The summed E-state index contributed by atoms with van der Waals surface area (Å²) in [6.45, 7) is 15.9. The van der Waals surface area contributed by atoms with Gasteiger partial charge in [-0.25, -0.2) is 14.5 Å². The number of likely N-dealkylation sites (tertiary alicyclic amines) is 4. The molecule has 4 aliphatic carbocycles. The van der Waals surface area contributed by atoms with Gasteiger partial charge in [0.1, 0.15) is 11.3 Å². The normalized spacial score (nSPS) is 24.3. The van der Waals surface area contributed by atoms with Crippen molar-refractivity contribution in [1.82, 2.24) is 73.9 Å². The molecule has 20 rings (SSSR count). The fourth-order valence-corrected chi connectivity index (χ4v) is 21.1. The van der Waals surface area contributed by atoms with Crippen molar-refractivity contribution in [2.24, 2.45) is 47.3 Å². The van der Waals surface area contributed by atoms with Gasteiger partial charge in [-0.05, 0) is 238 Å². The van der Waals surface area contributed by atoms with Crippen LogP contribution in [0.15, 0.2) is 171 Å². The van der Waals surface area contributed by atoms with E-state index in [0.29, 0.717) is 166 Å². The number of fused-ring (bicyclic) bond motifs is 8. The minimum absolute atomic E-state index is 0.0362. The number of alkyl halides is 12. The molecule has 7 aromatic heterocycles. The summed E-state index contributed by atoms with van der Waals surface area (Å²) in [6, 6.07) is 34.7. The van der Waals surface area contributed by atoms with E-state index in [1.54, 1.807) is 98.1 Å². The average Bonchev–Trinajstić information content (AvgIpc) is 1.65. The number of nitrogens with one attached hydrogen (secondary N) is 2. The molecular formula is C90H89F12N15O4. The maximum atomic E-state index is 13.5. The first kappa shape index (κ1) is 81.9. The van der Waals surface area contributed by atoms with Gasteiger partial charge in [-0.15, -0.1) is 10.2 Å². The summed E-state index contributed by atoms with van der Waals surface area (Å²) in [6.07, 6.45) is -4.37. The van der Waals surface area contributed by atoms with Crippen molar-refractivity contribution in [3.8, 4) is 0 Å². The molecular weight excluding hydrogens is 1580 g/mol. The monoisotopic (exact) mass is 1670 g/mol. The van der Waals surface area contributed by atoms with Crippen LogP contribution < -0.4 is 0 Å². The van der Waals surface area contributed by atoms with E-state index in [9.17, 15) is 71.9 Å². The van der Waals surface area contributed by atoms with Crippen LogP contribution in [-0.4, -0.2) is 156 Å². The highest BCUT2D eigenvalue weighted by molar-refractivity contribution is 6.06. The molecule has 121 heavy (non-hydrogen) atoms. The number of rotatable bonds is 9. The van der Waals surface area contributed by atoms with Crippen LogP contribution in [-0.2, 0) is 37.7 Å². The predicted octanol–water partition coefficient (Wildman–Crippen LogP) is 18.1. The Labute approximate surface area is 688 Å². The number of pyridine rings is 2. The second-order valence-corrected chi connectivity index (χ2v) is 34.3. The number of allylic oxidation sites excluding steroid dienone is 1. The zero-order chi connectivity index (χ0) is 84.9. The number of amides is 4. The van der Waals surface area contributed by atoms with Crippen LogP contribution in [0.1, 0.15) is 191 Å². The number of imidazole rings is 1. The number of hydrogen-bond donors (Lipinski definition) is 2. The number of H-pyrrole nitrogens is 2. The summed E-state index contributed by atoms with van der Waals surface area (Å²) in [4.78, 5) is 73.3. The molecule has 12 atom stereocenters. The molecule has 632 valence electrons. The highest BCUT2D eigenvalue weighted by Crippen LogP contribution is 2.54. The molecule has 19 nitrogen and oxygen atoms in total. The van der Waals surface area contributed by atoms with E-state index in [1.807, 2.05) is 60.9 Å². The number of aromatic nitrogens is 10. The summed E-state index contributed by atoms with van der Waals surface area (Å²) in [5, 5.41) is 20.6. The Morgan fingerprint density at radius 3 is 1.36 bits per heavy atom. The smallest absolute Gasteiger partial charge is 0.369 e. The highest BCUT2D eigenvalue weighted by atomic mass is 19.4. The molecule has 2 N–H and O–H groups in total. The van der Waals surface area contributed by atoms with Crippen LogP contribution >= 0.6 is 0 Å². The summed E-state index contributed by atoms with van der Waals surface area (Å²) >= 11 is 0. The van der Waals surface area contributed by atoms with Crippen molar-refractivity contribution >= 4 is 46.0 Å². The first-order chi connectivity index (χ1) is 57.7. The molecule has 4 amide bonds. The molecule has 4 unspecified atom stereocenters. The van der Waals surface area contributed by atoms with Gasteiger partial charge in [-0.2, -0.15) is 62.9 Å². The molecule has 11 aromatic rings. The van der Waals surface area contributed by atoms with Crippen molar-refractivity contribution in [3.63, 3.8) is 0 Å². The number of carbonyl (C=O) groups is 4. The molecule has 0 radical (unpaired) electrons. The van der Waals surface area contributed by atoms with Gasteiger partial charge in [0.05, 0.1) is 51.9 Å². The number of carbonyl (C=O) groups excluding carboxylic acids is 4. The van der Waals surface area contributed by atoms with E-state index in [-0.39, 0.29) is 100 Å². The second kappa shape index (κ2) is 32.2. The lowest BCUT2D eigenvalue weighted by Crippen LogP contribution is -2.33. The van der Waals surface area contributed by atoms with Crippen LogP contribution in [0.2, 0.25) is 0 Å². The lowest BCUT2D eigenvalue weighted by Gasteiger charge is -2.29. The minimum atomic E-state index is -4.34. The van der Waals surface area contributed by atoms with Crippen LogP contribution in [0.25, 0.3) is 22.3 Å². The third-order valence-electron chi connectivity index (χ3n) is 26.8. The van der Waals surface area contributed by atoms with Crippen LogP contribution in [0.5, 0.6) is 0 Å². The Kier molecular flexibility index (Phi) is 21.8. The number of benzene rings is 4. The van der Waals surface area contributed by atoms with E-state index >= 15 is 0 Å². The number of hydrogen-bond acceptors (Lipinski definition) is 11. The quantitative estimate of drug-likeness (QED) is 0.130. The van der Waals surface area contributed by atoms with Crippen LogP contribution in [0.3, 0.4) is 0 Å². The van der Waals surface area contributed by atoms with Gasteiger partial charge in [-0.1, -0.05) is 79.4 Å². The molecule has 12 heterocycles. The van der Waals surface area contributed by atoms with Gasteiger partial charge in [0.2, 0.25) is 5.82 Å². The molecule has 4 aromatic carbocycles. The van der Waals surface area contributed by atoms with Crippen molar-refractivity contribution in [2.45, 2.75) is 133 Å². The Bertz CT molecular complexity index is 5700. The van der Waals surface area contributed by atoms with Gasteiger partial charge in [0.15, 0.2) is 17.0 Å². The largest absolute Gasteiger partial charge is 0.416 e. The Morgan fingerprint density at radius 2 is 0.909 bits per heavy atom. The fraction of sp³-hybridized carbons (Fsp3) is 0.422. The molecule has 5 aliphatic heterocycles. The fourth-order valence-electron chi connectivity index (χ4n) is 21.1. The Morgan fingerprint density at radius 1 is 0.479 bits per heavy atom. The van der Waals surface area contributed by atoms with Gasteiger partial charge in [0, 0.05) is 94.1 Å². The van der Waals surface area contributed by atoms with E-state index in [0.717, 1.165) is 52.6 Å². The van der Waals surface area contributed by atoms with Gasteiger partial charge >= 0.3 is 24.7 Å². The lowest BCUT2D eigenvalue weighted by atomic mass is 9.91. The number of aryl methyl sites for hydroxylation is 2. The van der Waals surface area contributed by atoms with Crippen molar-refractivity contribution in [1.29, 1.82) is 0 Å². The molecule has 9 aliphatic rings. The van der Waals surface area contributed by atoms with Gasteiger partial charge < -0.3 is 29.5 Å². The number of nitrogens with zero attached hydrogens (tertiary/aromatic N) is 13. The summed E-state index contributed by atoms with van der Waals surface area (Å²) in [5.41, 5.74) is 7.65. The summed E-state index contributed by atoms with van der Waals surface area (Å²) < 4.78 is 164. The van der Waals surface area contributed by atoms with Crippen molar-refractivity contribution in [3.05, 3.63) is 260 Å². The number of halogens is 12. The number of aromatic amines is 2. The van der Waals surface area contributed by atoms with Gasteiger partial charge in [0.25, 0.3) is 23.6 Å². The molecule has 0 bridgehead atoms. The topological polar surface area (TPSA) is 202 Å².